The van der Waals surface area contributed by atoms with E-state index in [4.69, 9.17) is 0 Å². The molecule has 0 saturated heterocycles. The number of aromatic amines is 1. The average molecular weight is 508 g/mol. The number of nitrogens with one attached hydrogen (secondary N) is 1. The molecule has 0 spiro atoms. The van der Waals surface area contributed by atoms with Gasteiger partial charge in [0.15, 0.2) is 0 Å². The largest absolute Gasteiger partial charge is 2.00 e. The smallest absolute Gasteiger partial charge is 0.519 e. The number of hydrogen-bond acceptors (Lipinski definition) is 2. The molecule has 148 valence electrons. The van der Waals surface area contributed by atoms with E-state index in [0.29, 0.717) is 17.9 Å². The minimum absolute atomic E-state index is 0. The van der Waals surface area contributed by atoms with E-state index >= 15 is 0 Å². The maximum Gasteiger partial charge on any atom is 2.00 e. The van der Waals surface area contributed by atoms with Crippen molar-refractivity contribution >= 4 is 0 Å². The van der Waals surface area contributed by atoms with Crippen molar-refractivity contribution in [3.63, 3.8) is 0 Å². The van der Waals surface area contributed by atoms with Crippen molar-refractivity contribution in [3.8, 4) is 17.1 Å². The molecule has 2 heterocycles. The summed E-state index contributed by atoms with van der Waals surface area (Å²) in [6.07, 6.45) is 5.30. The molecule has 0 radical (unpaired) electrons. The zero-order valence-electron chi connectivity index (χ0n) is 16.8. The second-order valence-corrected chi connectivity index (χ2v) is 6.60. The van der Waals surface area contributed by atoms with Gasteiger partial charge < -0.3 is 4.98 Å². The van der Waals surface area contributed by atoms with Gasteiger partial charge in [-0.3, -0.25) is 9.36 Å². The Kier molecular flexibility index (Phi) is 7.89. The molecule has 0 amide bonds. The topological polar surface area (TPSA) is 50.7 Å². The van der Waals surface area contributed by atoms with Crippen LogP contribution in [0.4, 0.5) is 4.39 Å². The molecule has 0 aromatic heterocycles. The Hall–Kier alpha value is -3.07. The zero-order chi connectivity index (χ0) is 20.8. The number of aromatic nitrogens is 3. The summed E-state index contributed by atoms with van der Waals surface area (Å²) in [5.41, 5.74) is 3.35. The molecule has 2 aliphatic rings. The Morgan fingerprint density at radius 1 is 0.935 bits per heavy atom. The van der Waals surface area contributed by atoms with Crippen molar-refractivity contribution in [3.05, 3.63) is 131 Å². The van der Waals surface area contributed by atoms with Crippen LogP contribution < -0.4 is 5.56 Å². The normalized spacial score (nSPS) is 10.1. The summed E-state index contributed by atoms with van der Waals surface area (Å²) in [7, 11) is 0. The van der Waals surface area contributed by atoms with E-state index in [2.05, 4.69) is 22.2 Å². The number of nitrogens with zero attached hydrogens (tertiary/aromatic N) is 2. The van der Waals surface area contributed by atoms with Crippen LogP contribution in [-0.4, -0.2) is 14.5 Å². The van der Waals surface area contributed by atoms with Crippen molar-refractivity contribution in [1.82, 2.24) is 14.5 Å². The van der Waals surface area contributed by atoms with Gasteiger partial charge in [-0.05, 0) is 11.8 Å². The first-order chi connectivity index (χ1) is 14.7. The van der Waals surface area contributed by atoms with E-state index in [1.807, 2.05) is 60.7 Å². The number of fused-ring (bicyclic) bond motifs is 1. The van der Waals surface area contributed by atoms with Crippen LogP contribution in [0.2, 0.25) is 0 Å². The van der Waals surface area contributed by atoms with Gasteiger partial charge in [0.1, 0.15) is 5.69 Å². The molecule has 0 fully saturated rings. The van der Waals surface area contributed by atoms with Crippen LogP contribution in [0.5, 0.6) is 0 Å². The fourth-order valence-electron chi connectivity index (χ4n) is 2.99. The maximum absolute atomic E-state index is 12.6. The molecule has 0 saturated carbocycles. The quantitative estimate of drug-likeness (QED) is 0.285. The van der Waals surface area contributed by atoms with Gasteiger partial charge in [0.05, 0.1) is 5.82 Å². The molecule has 3 aromatic carbocycles. The van der Waals surface area contributed by atoms with Gasteiger partial charge >= 0.3 is 27.3 Å². The van der Waals surface area contributed by atoms with E-state index in [1.54, 1.807) is 10.8 Å². The Morgan fingerprint density at radius 2 is 1.58 bits per heavy atom. The first-order valence-electron chi connectivity index (χ1n) is 9.43. The van der Waals surface area contributed by atoms with Gasteiger partial charge in [-0.15, -0.1) is 18.3 Å². The molecular formula is C25H18CdFN3O. The van der Waals surface area contributed by atoms with Crippen LogP contribution in [0.1, 0.15) is 11.3 Å². The van der Waals surface area contributed by atoms with Gasteiger partial charge in [0.25, 0.3) is 5.56 Å². The molecule has 5 rings (SSSR count). The minimum Gasteiger partial charge on any atom is -0.519 e. The first kappa shape index (κ1) is 22.6. The van der Waals surface area contributed by atoms with Crippen LogP contribution >= 0.6 is 0 Å². The standard InChI is InChI=1S/C19H14N3O.C6H4F.Cd/c23-19-16(11-14-7-3-1-4-8-14)21-18-12-20-17(13-22(18)19)15-9-5-2-6-10-15;7-6-4-2-1-3-5-6;/h1-10,13,20H,11H2;2-5H;/q2*-1;+2. The number of benzene rings is 3. The van der Waals surface area contributed by atoms with Crippen LogP contribution in [0.25, 0.3) is 17.1 Å². The molecule has 31 heavy (non-hydrogen) atoms. The summed E-state index contributed by atoms with van der Waals surface area (Å²) in [6.45, 7) is 0. The van der Waals surface area contributed by atoms with Crippen LogP contribution in [0.15, 0.2) is 95.9 Å². The molecule has 1 N–H and O–H groups in total. The third kappa shape index (κ3) is 5.76. The number of imidazole rings is 1. The van der Waals surface area contributed by atoms with Crippen molar-refractivity contribution in [1.29, 1.82) is 0 Å². The Balaban J connectivity index is 0.000000292. The molecule has 4 nitrogen and oxygen atoms in total. The molecule has 0 atom stereocenters. The van der Waals surface area contributed by atoms with Gasteiger partial charge in [0.2, 0.25) is 0 Å². The van der Waals surface area contributed by atoms with Crippen LogP contribution in [0, 0.1) is 18.1 Å². The average Bonchev–Trinajstić information content (AvgIpc) is 3.11. The van der Waals surface area contributed by atoms with Gasteiger partial charge in [-0.25, -0.2) is 9.37 Å². The molecule has 0 unspecified atom stereocenters. The van der Waals surface area contributed by atoms with Gasteiger partial charge in [0, 0.05) is 12.2 Å². The Labute approximate surface area is 199 Å². The van der Waals surface area contributed by atoms with Crippen molar-refractivity contribution in [2.45, 2.75) is 6.42 Å². The molecule has 0 bridgehead atoms. The fraction of sp³-hybridized carbons (Fsp3) is 0.0400. The Morgan fingerprint density at radius 3 is 2.19 bits per heavy atom. The summed E-state index contributed by atoms with van der Waals surface area (Å²) in [4.78, 5) is 20.1. The minimum atomic E-state index is -0.209. The summed E-state index contributed by atoms with van der Waals surface area (Å²) in [6, 6.07) is 28.2. The predicted octanol–water partition coefficient (Wildman–Crippen LogP) is 4.68. The number of halogens is 1. The molecule has 2 aliphatic heterocycles. The Bertz CT molecular complexity index is 1240. The second-order valence-electron chi connectivity index (χ2n) is 6.60. The maximum atomic E-state index is 12.6. The van der Waals surface area contributed by atoms with Gasteiger partial charge in [-0.2, -0.15) is 18.2 Å². The zero-order valence-corrected chi connectivity index (χ0v) is 20.8. The summed E-state index contributed by atoms with van der Waals surface area (Å²) >= 11 is 0. The van der Waals surface area contributed by atoms with Crippen LogP contribution in [0.3, 0.4) is 0 Å². The number of H-pyrrole nitrogens is 1. The van der Waals surface area contributed by atoms with Crippen molar-refractivity contribution in [2.24, 2.45) is 0 Å². The fourth-order valence-corrected chi connectivity index (χ4v) is 2.99. The van der Waals surface area contributed by atoms with E-state index in [-0.39, 0.29) is 38.7 Å². The van der Waals surface area contributed by atoms with Crippen molar-refractivity contribution < 1.29 is 31.7 Å². The summed E-state index contributed by atoms with van der Waals surface area (Å²) in [5, 5.41) is 0. The van der Waals surface area contributed by atoms with Crippen LogP contribution in [-0.2, 0) is 33.7 Å². The monoisotopic (exact) mass is 509 g/mol. The molecule has 3 aromatic rings. The van der Waals surface area contributed by atoms with Gasteiger partial charge in [-0.1, -0.05) is 71.9 Å². The number of hydrogen-bond donors (Lipinski definition) is 1. The van der Waals surface area contributed by atoms with E-state index in [9.17, 15) is 9.18 Å². The summed E-state index contributed by atoms with van der Waals surface area (Å²) < 4.78 is 13.4. The third-order valence-corrected chi connectivity index (χ3v) is 4.48. The van der Waals surface area contributed by atoms with E-state index < -0.39 is 0 Å². The third-order valence-electron chi connectivity index (χ3n) is 4.48. The molecular weight excluding hydrogens is 490 g/mol. The number of rotatable bonds is 3. The van der Waals surface area contributed by atoms with E-state index in [1.165, 1.54) is 24.3 Å². The SMILES string of the molecule is Fc1cc[c-]cc1.O=c1c(Cc2ccccc2)nc2[c-][nH]c(-c3ccccc3)cn1-2.[Cd+2]. The molecule has 0 aliphatic carbocycles. The predicted molar refractivity (Wildman–Crippen MR) is 114 cm³/mol. The second kappa shape index (κ2) is 10.8. The first-order valence-corrected chi connectivity index (χ1v) is 9.43. The van der Waals surface area contributed by atoms with Crippen molar-refractivity contribution in [2.75, 3.05) is 0 Å². The molecule has 6 heteroatoms. The summed E-state index contributed by atoms with van der Waals surface area (Å²) in [5.74, 6) is 0.305. The van der Waals surface area contributed by atoms with E-state index in [0.717, 1.165) is 16.8 Å².